The highest BCUT2D eigenvalue weighted by Gasteiger charge is 2.13. The van der Waals surface area contributed by atoms with Crippen LogP contribution in [0.5, 0.6) is 0 Å². The Hall–Kier alpha value is -1.32. The fourth-order valence-corrected chi connectivity index (χ4v) is 3.01. The van der Waals surface area contributed by atoms with Crippen molar-refractivity contribution >= 4 is 12.4 Å². The molecule has 2 nitrogen and oxygen atoms in total. The van der Waals surface area contributed by atoms with E-state index in [1.165, 1.54) is 44.6 Å². The van der Waals surface area contributed by atoms with Crippen molar-refractivity contribution in [1.29, 1.82) is 0 Å². The summed E-state index contributed by atoms with van der Waals surface area (Å²) >= 11 is 0. The highest BCUT2D eigenvalue weighted by molar-refractivity contribution is 5.85. The second-order valence-electron chi connectivity index (χ2n) is 5.82. The summed E-state index contributed by atoms with van der Waals surface area (Å²) in [7, 11) is 0. The number of benzene rings is 1. The van der Waals surface area contributed by atoms with Gasteiger partial charge in [-0.05, 0) is 37.1 Å². The molecule has 0 bridgehead atoms. The second-order valence-corrected chi connectivity index (χ2v) is 5.82. The number of furan rings is 1. The zero-order valence-corrected chi connectivity index (χ0v) is 13.5. The molecule has 120 valence electrons. The van der Waals surface area contributed by atoms with Crippen LogP contribution in [0.3, 0.4) is 0 Å². The summed E-state index contributed by atoms with van der Waals surface area (Å²) in [4.78, 5) is 0. The zero-order chi connectivity index (χ0) is 14.5. The van der Waals surface area contributed by atoms with E-state index >= 15 is 0 Å². The van der Waals surface area contributed by atoms with E-state index in [2.05, 4.69) is 5.32 Å². The number of hydrogen-bond acceptors (Lipinski definition) is 2. The summed E-state index contributed by atoms with van der Waals surface area (Å²) in [5.41, 5.74) is 0.526. The maximum atomic E-state index is 13.7. The lowest BCUT2D eigenvalue weighted by atomic mass is 10.1. The van der Waals surface area contributed by atoms with Gasteiger partial charge in [-0.15, -0.1) is 12.4 Å². The van der Waals surface area contributed by atoms with Gasteiger partial charge in [0.05, 0.1) is 12.1 Å². The fourth-order valence-electron chi connectivity index (χ4n) is 3.01. The number of hydrogen-bond donors (Lipinski definition) is 1. The SMILES string of the molecule is Cl.Fc1ccccc1-c1ccc(CNC2CCCCCC2)o1. The van der Waals surface area contributed by atoms with Crippen LogP contribution < -0.4 is 5.32 Å². The zero-order valence-electron chi connectivity index (χ0n) is 12.7. The molecule has 3 rings (SSSR count). The molecule has 1 aromatic heterocycles. The Kier molecular flexibility index (Phi) is 6.47. The Labute approximate surface area is 137 Å². The van der Waals surface area contributed by atoms with E-state index in [9.17, 15) is 4.39 Å². The quantitative estimate of drug-likeness (QED) is 0.770. The van der Waals surface area contributed by atoms with Crippen LogP contribution in [-0.2, 0) is 6.54 Å². The molecule has 0 atom stereocenters. The van der Waals surface area contributed by atoms with Crippen LogP contribution in [-0.4, -0.2) is 6.04 Å². The minimum absolute atomic E-state index is 0. The second kappa shape index (κ2) is 8.35. The van der Waals surface area contributed by atoms with E-state index in [0.717, 1.165) is 12.3 Å². The lowest BCUT2D eigenvalue weighted by Crippen LogP contribution is -2.27. The molecule has 1 aliphatic carbocycles. The fraction of sp³-hybridized carbons (Fsp3) is 0.444. The maximum Gasteiger partial charge on any atom is 0.137 e. The van der Waals surface area contributed by atoms with Crippen molar-refractivity contribution in [3.8, 4) is 11.3 Å². The van der Waals surface area contributed by atoms with E-state index in [1.54, 1.807) is 12.1 Å². The predicted molar refractivity (Wildman–Crippen MR) is 89.7 cm³/mol. The van der Waals surface area contributed by atoms with E-state index in [4.69, 9.17) is 4.42 Å². The summed E-state index contributed by atoms with van der Waals surface area (Å²) in [6, 6.07) is 11.1. The molecule has 0 amide bonds. The van der Waals surface area contributed by atoms with Crippen LogP contribution in [0.1, 0.15) is 44.3 Å². The Morgan fingerprint density at radius 1 is 1.00 bits per heavy atom. The summed E-state index contributed by atoms with van der Waals surface area (Å²) in [5.74, 6) is 1.23. The van der Waals surface area contributed by atoms with Gasteiger partial charge in [0.25, 0.3) is 0 Å². The molecule has 1 aliphatic rings. The maximum absolute atomic E-state index is 13.7. The summed E-state index contributed by atoms with van der Waals surface area (Å²) in [5, 5.41) is 3.57. The number of halogens is 2. The van der Waals surface area contributed by atoms with Crippen molar-refractivity contribution in [2.75, 3.05) is 0 Å². The molecular formula is C18H23ClFNO. The molecular weight excluding hydrogens is 301 g/mol. The normalized spacial score (nSPS) is 16.0. The minimum Gasteiger partial charge on any atom is -0.460 e. The molecule has 0 unspecified atom stereocenters. The molecule has 1 heterocycles. The van der Waals surface area contributed by atoms with Crippen LogP contribution in [0.15, 0.2) is 40.8 Å². The van der Waals surface area contributed by atoms with Crippen LogP contribution >= 0.6 is 12.4 Å². The highest BCUT2D eigenvalue weighted by atomic mass is 35.5. The third-order valence-corrected chi connectivity index (χ3v) is 4.22. The minimum atomic E-state index is -0.241. The summed E-state index contributed by atoms with van der Waals surface area (Å²) in [6.45, 7) is 0.721. The molecule has 4 heteroatoms. The van der Waals surface area contributed by atoms with Gasteiger partial charge in [0, 0.05) is 6.04 Å². The molecule has 1 N–H and O–H groups in total. The summed E-state index contributed by atoms with van der Waals surface area (Å²) in [6.07, 6.45) is 7.85. The smallest absolute Gasteiger partial charge is 0.137 e. The lowest BCUT2D eigenvalue weighted by molar-refractivity contribution is 0.419. The first-order chi connectivity index (χ1) is 10.3. The largest absolute Gasteiger partial charge is 0.460 e. The van der Waals surface area contributed by atoms with E-state index in [0.29, 0.717) is 17.4 Å². The monoisotopic (exact) mass is 323 g/mol. The first kappa shape index (κ1) is 17.0. The number of rotatable bonds is 4. The van der Waals surface area contributed by atoms with Gasteiger partial charge >= 0.3 is 0 Å². The van der Waals surface area contributed by atoms with Gasteiger partial charge in [-0.3, -0.25) is 0 Å². The van der Waals surface area contributed by atoms with Gasteiger partial charge in [0.2, 0.25) is 0 Å². The van der Waals surface area contributed by atoms with Crippen LogP contribution in [0.4, 0.5) is 4.39 Å². The standard InChI is InChI=1S/C18H22FNO.ClH/c19-17-10-6-5-9-16(17)18-12-11-15(21-18)13-20-14-7-3-1-2-4-8-14;/h5-6,9-12,14,20H,1-4,7-8,13H2;1H. The molecule has 0 radical (unpaired) electrons. The van der Waals surface area contributed by atoms with Crippen LogP contribution in [0, 0.1) is 5.82 Å². The van der Waals surface area contributed by atoms with Crippen molar-refractivity contribution < 1.29 is 8.81 Å². The number of nitrogens with one attached hydrogen (secondary N) is 1. The van der Waals surface area contributed by atoms with Crippen molar-refractivity contribution in [2.45, 2.75) is 51.1 Å². The van der Waals surface area contributed by atoms with Crippen molar-refractivity contribution in [3.05, 3.63) is 48.0 Å². The van der Waals surface area contributed by atoms with Gasteiger partial charge in [0.1, 0.15) is 17.3 Å². The van der Waals surface area contributed by atoms with Gasteiger partial charge in [-0.25, -0.2) is 4.39 Å². The Morgan fingerprint density at radius 3 is 2.45 bits per heavy atom. The average molecular weight is 324 g/mol. The average Bonchev–Trinajstić information content (AvgIpc) is 2.81. The van der Waals surface area contributed by atoms with E-state index in [-0.39, 0.29) is 18.2 Å². The first-order valence-corrected chi connectivity index (χ1v) is 7.90. The molecule has 0 saturated heterocycles. The third kappa shape index (κ3) is 4.34. The molecule has 2 aromatic rings. The van der Waals surface area contributed by atoms with Crippen molar-refractivity contribution in [3.63, 3.8) is 0 Å². The van der Waals surface area contributed by atoms with Crippen LogP contribution in [0.2, 0.25) is 0 Å². The molecule has 22 heavy (non-hydrogen) atoms. The Balaban J connectivity index is 0.00000176. The lowest BCUT2D eigenvalue weighted by Gasteiger charge is -2.14. The molecule has 1 saturated carbocycles. The summed E-state index contributed by atoms with van der Waals surface area (Å²) < 4.78 is 19.5. The van der Waals surface area contributed by atoms with E-state index in [1.807, 2.05) is 18.2 Å². The van der Waals surface area contributed by atoms with Crippen LogP contribution in [0.25, 0.3) is 11.3 Å². The first-order valence-electron chi connectivity index (χ1n) is 7.90. The molecule has 1 fully saturated rings. The van der Waals surface area contributed by atoms with Crippen molar-refractivity contribution in [1.82, 2.24) is 5.32 Å². The topological polar surface area (TPSA) is 25.2 Å². The Bertz CT molecular complexity index is 576. The van der Waals surface area contributed by atoms with Crippen molar-refractivity contribution in [2.24, 2.45) is 0 Å². The predicted octanol–water partition coefficient (Wildman–Crippen LogP) is 5.32. The van der Waals surface area contributed by atoms with Gasteiger partial charge in [-0.2, -0.15) is 0 Å². The highest BCUT2D eigenvalue weighted by Crippen LogP contribution is 2.25. The third-order valence-electron chi connectivity index (χ3n) is 4.22. The van der Waals surface area contributed by atoms with Gasteiger partial charge in [0.15, 0.2) is 0 Å². The van der Waals surface area contributed by atoms with Gasteiger partial charge in [-0.1, -0.05) is 37.8 Å². The Morgan fingerprint density at radius 2 is 1.73 bits per heavy atom. The van der Waals surface area contributed by atoms with E-state index < -0.39 is 0 Å². The molecule has 0 aliphatic heterocycles. The molecule has 0 spiro atoms. The van der Waals surface area contributed by atoms with Gasteiger partial charge < -0.3 is 9.73 Å². The molecule has 1 aromatic carbocycles.